The minimum absolute atomic E-state index is 0.200. The summed E-state index contributed by atoms with van der Waals surface area (Å²) >= 11 is 0. The van der Waals surface area contributed by atoms with Crippen molar-refractivity contribution in [3.63, 3.8) is 0 Å². The van der Waals surface area contributed by atoms with Crippen molar-refractivity contribution in [2.24, 2.45) is 0 Å². The first-order valence-electron chi connectivity index (χ1n) is 7.14. The van der Waals surface area contributed by atoms with Crippen LogP contribution < -0.4 is 0 Å². The molecule has 3 fully saturated rings. The Morgan fingerprint density at radius 3 is 2.10 bits per heavy atom. The van der Waals surface area contributed by atoms with Gasteiger partial charge in [-0.05, 0) is 17.7 Å². The maximum Gasteiger partial charge on any atom is 0.149 e. The molecule has 0 aliphatic carbocycles. The molecule has 5 nitrogen and oxygen atoms in total. The fraction of sp³-hybridized carbons (Fsp3) is 0.600. The molecule has 0 radical (unpaired) electrons. The van der Waals surface area contributed by atoms with Crippen LogP contribution in [0.25, 0.3) is 0 Å². The van der Waals surface area contributed by atoms with Crippen LogP contribution in [0.15, 0.2) is 24.3 Å². The minimum Gasteiger partial charge on any atom is -0.508 e. The van der Waals surface area contributed by atoms with Gasteiger partial charge in [-0.2, -0.15) is 0 Å². The summed E-state index contributed by atoms with van der Waals surface area (Å²) in [6.45, 7) is 4.30. The van der Waals surface area contributed by atoms with Crippen LogP contribution in [0.3, 0.4) is 0 Å². The molecule has 1 N–H and O–H groups in total. The highest BCUT2D eigenvalue weighted by Crippen LogP contribution is 2.37. The second-order valence-electron chi connectivity index (χ2n) is 5.89. The highest BCUT2D eigenvalue weighted by atomic mass is 16.6. The molecule has 1 aromatic rings. The highest BCUT2D eigenvalue weighted by molar-refractivity contribution is 5.27. The van der Waals surface area contributed by atoms with E-state index in [2.05, 4.69) is 4.90 Å². The van der Waals surface area contributed by atoms with Crippen LogP contribution in [-0.2, 0) is 20.6 Å². The summed E-state index contributed by atoms with van der Waals surface area (Å²) in [6, 6.07) is 7.36. The molecule has 4 rings (SSSR count). The standard InChI is InChI=1S/C15H19NO4/c17-12-3-1-11(2-4-12)5-15(10-20-15)16(6-13-8-18-13)7-14-9-19-14/h1-4,13-14,17H,5-10H2. The number of phenols is 1. The van der Waals surface area contributed by atoms with Crippen LogP contribution in [0.4, 0.5) is 0 Å². The lowest BCUT2D eigenvalue weighted by atomic mass is 10.0. The predicted octanol–water partition coefficient (Wildman–Crippen LogP) is 0.761. The SMILES string of the molecule is Oc1ccc(CC2(N(CC3CO3)CC3CO3)CO2)cc1. The molecule has 20 heavy (non-hydrogen) atoms. The van der Waals surface area contributed by atoms with Crippen LogP contribution in [-0.4, -0.2) is 60.8 Å². The zero-order valence-electron chi connectivity index (χ0n) is 11.3. The summed E-state index contributed by atoms with van der Waals surface area (Å²) < 4.78 is 16.5. The lowest BCUT2D eigenvalue weighted by Crippen LogP contribution is -2.45. The fourth-order valence-electron chi connectivity index (χ4n) is 2.66. The normalized spacial score (nSPS) is 34.2. The molecule has 108 valence electrons. The number of benzene rings is 1. The highest BCUT2D eigenvalue weighted by Gasteiger charge is 2.52. The first-order chi connectivity index (χ1) is 9.73. The number of aromatic hydroxyl groups is 1. The van der Waals surface area contributed by atoms with Gasteiger partial charge in [-0.25, -0.2) is 0 Å². The molecule has 1 aromatic carbocycles. The Balaban J connectivity index is 1.46. The Bertz CT molecular complexity index is 463. The average molecular weight is 277 g/mol. The molecule has 3 saturated heterocycles. The third-order valence-corrected chi connectivity index (χ3v) is 4.12. The minimum atomic E-state index is -0.200. The molecular formula is C15H19NO4. The fourth-order valence-corrected chi connectivity index (χ4v) is 2.66. The van der Waals surface area contributed by atoms with E-state index in [1.807, 2.05) is 12.1 Å². The molecule has 3 aliphatic rings. The van der Waals surface area contributed by atoms with E-state index in [9.17, 15) is 5.11 Å². The van der Waals surface area contributed by atoms with Crippen molar-refractivity contribution < 1.29 is 19.3 Å². The summed E-state index contributed by atoms with van der Waals surface area (Å²) in [4.78, 5) is 2.37. The number of ether oxygens (including phenoxy) is 3. The van der Waals surface area contributed by atoms with E-state index >= 15 is 0 Å². The maximum atomic E-state index is 9.36. The Labute approximate surface area is 118 Å². The van der Waals surface area contributed by atoms with E-state index in [1.165, 1.54) is 5.56 Å². The van der Waals surface area contributed by atoms with Crippen LogP contribution in [0.2, 0.25) is 0 Å². The Morgan fingerprint density at radius 1 is 1.10 bits per heavy atom. The lowest BCUT2D eigenvalue weighted by Gasteiger charge is -2.28. The summed E-state index contributed by atoms with van der Waals surface area (Å²) in [6.07, 6.45) is 1.55. The second-order valence-corrected chi connectivity index (χ2v) is 5.89. The van der Waals surface area contributed by atoms with Gasteiger partial charge in [0.15, 0.2) is 0 Å². The molecule has 5 heteroatoms. The van der Waals surface area contributed by atoms with Gasteiger partial charge >= 0.3 is 0 Å². The van der Waals surface area contributed by atoms with Gasteiger partial charge in [0, 0.05) is 19.5 Å². The number of phenolic OH excluding ortho intramolecular Hbond substituents is 1. The number of hydrogen-bond acceptors (Lipinski definition) is 5. The average Bonchev–Trinajstić information content (AvgIpc) is 3.27. The molecule has 3 heterocycles. The maximum absolute atomic E-state index is 9.36. The van der Waals surface area contributed by atoms with Crippen LogP contribution in [0.1, 0.15) is 5.56 Å². The first-order valence-corrected chi connectivity index (χ1v) is 7.14. The third kappa shape index (κ3) is 2.81. The quantitative estimate of drug-likeness (QED) is 0.746. The van der Waals surface area contributed by atoms with Crippen LogP contribution >= 0.6 is 0 Å². The van der Waals surface area contributed by atoms with Gasteiger partial charge in [-0.1, -0.05) is 12.1 Å². The molecule has 0 aromatic heterocycles. The number of epoxide rings is 3. The molecule has 0 spiro atoms. The van der Waals surface area contributed by atoms with Crippen molar-refractivity contribution in [1.29, 1.82) is 0 Å². The molecule has 3 aliphatic heterocycles. The zero-order chi connectivity index (χ0) is 13.6. The largest absolute Gasteiger partial charge is 0.508 e. The van der Waals surface area contributed by atoms with Gasteiger partial charge < -0.3 is 19.3 Å². The predicted molar refractivity (Wildman–Crippen MR) is 71.5 cm³/mol. The molecule has 3 unspecified atom stereocenters. The van der Waals surface area contributed by atoms with Gasteiger partial charge in [-0.3, -0.25) is 4.90 Å². The van der Waals surface area contributed by atoms with Crippen molar-refractivity contribution in [3.05, 3.63) is 29.8 Å². The summed E-state index contributed by atoms with van der Waals surface area (Å²) in [7, 11) is 0. The molecule has 3 atom stereocenters. The molecule has 0 amide bonds. The van der Waals surface area contributed by atoms with Crippen LogP contribution in [0.5, 0.6) is 5.75 Å². The summed E-state index contributed by atoms with van der Waals surface area (Å²) in [5.74, 6) is 0.300. The number of nitrogens with zero attached hydrogens (tertiary/aromatic N) is 1. The van der Waals surface area contributed by atoms with Crippen molar-refractivity contribution in [1.82, 2.24) is 4.90 Å². The van der Waals surface area contributed by atoms with Crippen molar-refractivity contribution in [2.45, 2.75) is 24.4 Å². The van der Waals surface area contributed by atoms with Gasteiger partial charge in [0.2, 0.25) is 0 Å². The van der Waals surface area contributed by atoms with Gasteiger partial charge in [0.1, 0.15) is 11.5 Å². The van der Waals surface area contributed by atoms with Gasteiger partial charge in [-0.15, -0.1) is 0 Å². The van der Waals surface area contributed by atoms with Gasteiger partial charge in [0.05, 0.1) is 32.0 Å². The lowest BCUT2D eigenvalue weighted by molar-refractivity contribution is 0.0632. The number of hydrogen-bond donors (Lipinski definition) is 1. The molecular weight excluding hydrogens is 258 g/mol. The Kier molecular flexibility index (Phi) is 2.96. The van der Waals surface area contributed by atoms with E-state index in [0.717, 1.165) is 39.3 Å². The van der Waals surface area contributed by atoms with Gasteiger partial charge in [0.25, 0.3) is 0 Å². The molecule has 0 bridgehead atoms. The van der Waals surface area contributed by atoms with Crippen molar-refractivity contribution in [2.75, 3.05) is 32.9 Å². The van der Waals surface area contributed by atoms with Crippen molar-refractivity contribution >= 4 is 0 Å². The van der Waals surface area contributed by atoms with E-state index in [0.29, 0.717) is 18.0 Å². The first kappa shape index (κ1) is 12.6. The second kappa shape index (κ2) is 4.70. The van der Waals surface area contributed by atoms with E-state index in [4.69, 9.17) is 14.2 Å². The number of rotatable bonds is 7. The Morgan fingerprint density at radius 2 is 1.65 bits per heavy atom. The van der Waals surface area contributed by atoms with Crippen LogP contribution in [0, 0.1) is 0 Å². The van der Waals surface area contributed by atoms with E-state index in [1.54, 1.807) is 12.1 Å². The van der Waals surface area contributed by atoms with E-state index in [-0.39, 0.29) is 5.72 Å². The zero-order valence-corrected chi connectivity index (χ0v) is 11.3. The topological polar surface area (TPSA) is 61.1 Å². The Hall–Kier alpha value is -1.14. The third-order valence-electron chi connectivity index (χ3n) is 4.12. The van der Waals surface area contributed by atoms with Crippen molar-refractivity contribution in [3.8, 4) is 5.75 Å². The summed E-state index contributed by atoms with van der Waals surface area (Å²) in [5, 5.41) is 9.36. The molecule has 0 saturated carbocycles. The smallest absolute Gasteiger partial charge is 0.149 e. The monoisotopic (exact) mass is 277 g/mol. The van der Waals surface area contributed by atoms with E-state index < -0.39 is 0 Å². The summed E-state index contributed by atoms with van der Waals surface area (Å²) in [5.41, 5.74) is 0.980.